The first-order valence-electron chi connectivity index (χ1n) is 8.97. The van der Waals surface area contributed by atoms with E-state index in [9.17, 15) is 10.1 Å². The number of hydrogen-bond acceptors (Lipinski definition) is 6. The van der Waals surface area contributed by atoms with E-state index in [4.69, 9.17) is 0 Å². The lowest BCUT2D eigenvalue weighted by atomic mass is 9.79. The topological polar surface area (TPSA) is 83.7 Å². The van der Waals surface area contributed by atoms with Crippen LogP contribution in [-0.2, 0) is 0 Å². The summed E-state index contributed by atoms with van der Waals surface area (Å²) in [6.45, 7) is 8.89. The van der Waals surface area contributed by atoms with Crippen molar-refractivity contribution in [3.05, 3.63) is 57.3 Å². The summed E-state index contributed by atoms with van der Waals surface area (Å²) in [4.78, 5) is 16.5. The third kappa shape index (κ3) is 3.77. The second-order valence-electron chi connectivity index (χ2n) is 7.77. The van der Waals surface area contributed by atoms with Gasteiger partial charge >= 0.3 is 0 Å². The Balaban J connectivity index is 1.81. The molecule has 1 aliphatic rings. The number of hydrogen-bond donors (Lipinski definition) is 1. The van der Waals surface area contributed by atoms with Crippen LogP contribution >= 0.6 is 0 Å². The molecular weight excluding hydrogens is 342 g/mol. The molecule has 1 aliphatic heterocycles. The van der Waals surface area contributed by atoms with Crippen LogP contribution in [0.3, 0.4) is 0 Å². The average Bonchev–Trinajstić information content (AvgIpc) is 2.61. The molecule has 0 saturated carbocycles. The van der Waals surface area contributed by atoms with Crippen molar-refractivity contribution in [3.8, 4) is 0 Å². The zero-order valence-electron chi connectivity index (χ0n) is 16.4. The van der Waals surface area contributed by atoms with Crippen LogP contribution in [0.1, 0.15) is 49.8 Å². The SMILES string of the molecule is Cc1cc2c(cc1/C=N\Nc1ccc([N+](=O)[O-])cn1)C(C)CC(C)(C)N2C. The Morgan fingerprint density at radius 1 is 1.41 bits per heavy atom. The third-order valence-corrected chi connectivity index (χ3v) is 5.36. The van der Waals surface area contributed by atoms with Crippen LogP contribution in [0, 0.1) is 17.0 Å². The minimum absolute atomic E-state index is 0.0453. The van der Waals surface area contributed by atoms with Gasteiger partial charge in [0, 0.05) is 24.3 Å². The Morgan fingerprint density at radius 2 is 2.15 bits per heavy atom. The number of fused-ring (bicyclic) bond motifs is 1. The smallest absolute Gasteiger partial charge is 0.287 e. The van der Waals surface area contributed by atoms with Crippen molar-refractivity contribution in [2.45, 2.75) is 45.6 Å². The third-order valence-electron chi connectivity index (χ3n) is 5.36. The second-order valence-corrected chi connectivity index (χ2v) is 7.77. The fourth-order valence-electron chi connectivity index (χ4n) is 3.60. The van der Waals surface area contributed by atoms with E-state index >= 15 is 0 Å². The van der Waals surface area contributed by atoms with E-state index in [1.807, 2.05) is 0 Å². The molecule has 2 aromatic rings. The van der Waals surface area contributed by atoms with Gasteiger partial charge in [0.25, 0.3) is 5.69 Å². The highest BCUT2D eigenvalue weighted by molar-refractivity contribution is 5.84. The maximum absolute atomic E-state index is 10.7. The lowest BCUT2D eigenvalue weighted by Crippen LogP contribution is -2.45. The van der Waals surface area contributed by atoms with E-state index in [-0.39, 0.29) is 11.2 Å². The number of pyridine rings is 1. The normalized spacial score (nSPS) is 18.4. The molecule has 3 rings (SSSR count). The number of aryl methyl sites for hydroxylation is 1. The number of nitrogens with zero attached hydrogens (tertiary/aromatic N) is 4. The molecule has 0 spiro atoms. The number of anilines is 2. The van der Waals surface area contributed by atoms with E-state index in [2.05, 4.69) is 67.3 Å². The Bertz CT molecular complexity index is 890. The van der Waals surface area contributed by atoms with Crippen LogP contribution in [0.4, 0.5) is 17.2 Å². The fourth-order valence-corrected chi connectivity index (χ4v) is 3.60. The first-order valence-corrected chi connectivity index (χ1v) is 8.97. The molecule has 1 unspecified atom stereocenters. The van der Waals surface area contributed by atoms with Crippen LogP contribution in [0.25, 0.3) is 0 Å². The summed E-state index contributed by atoms with van der Waals surface area (Å²) in [6, 6.07) is 7.36. The van der Waals surface area contributed by atoms with E-state index in [1.54, 1.807) is 6.21 Å². The highest BCUT2D eigenvalue weighted by atomic mass is 16.6. The van der Waals surface area contributed by atoms with Crippen LogP contribution in [0.15, 0.2) is 35.6 Å². The Hall–Kier alpha value is -2.96. The predicted octanol–water partition coefficient (Wildman–Crippen LogP) is 4.47. The van der Waals surface area contributed by atoms with Crippen molar-refractivity contribution >= 4 is 23.4 Å². The minimum atomic E-state index is -0.476. The van der Waals surface area contributed by atoms with E-state index in [0.717, 1.165) is 17.5 Å². The highest BCUT2D eigenvalue weighted by Crippen LogP contribution is 2.43. The van der Waals surface area contributed by atoms with Crippen LogP contribution in [0.2, 0.25) is 0 Å². The summed E-state index contributed by atoms with van der Waals surface area (Å²) >= 11 is 0. The molecule has 7 heteroatoms. The van der Waals surface area contributed by atoms with Crippen molar-refractivity contribution in [1.82, 2.24) is 4.98 Å². The highest BCUT2D eigenvalue weighted by Gasteiger charge is 2.34. The number of rotatable bonds is 4. The van der Waals surface area contributed by atoms with E-state index < -0.39 is 4.92 Å². The van der Waals surface area contributed by atoms with Gasteiger partial charge in [0.05, 0.1) is 11.1 Å². The number of benzene rings is 1. The number of aromatic nitrogens is 1. The molecule has 1 N–H and O–H groups in total. The predicted molar refractivity (Wildman–Crippen MR) is 109 cm³/mol. The molecule has 0 radical (unpaired) electrons. The zero-order chi connectivity index (χ0) is 19.8. The van der Waals surface area contributed by atoms with Gasteiger partial charge in [0.1, 0.15) is 12.0 Å². The lowest BCUT2D eigenvalue weighted by Gasteiger charge is -2.45. The molecule has 0 aliphatic carbocycles. The molecule has 0 amide bonds. The van der Waals surface area contributed by atoms with Crippen molar-refractivity contribution in [1.29, 1.82) is 0 Å². The maximum Gasteiger partial charge on any atom is 0.287 e. The van der Waals surface area contributed by atoms with Crippen LogP contribution < -0.4 is 10.3 Å². The van der Waals surface area contributed by atoms with E-state index in [1.165, 1.54) is 29.6 Å². The zero-order valence-corrected chi connectivity index (χ0v) is 16.4. The first-order chi connectivity index (χ1) is 12.7. The monoisotopic (exact) mass is 367 g/mol. The first kappa shape index (κ1) is 18.8. The lowest BCUT2D eigenvalue weighted by molar-refractivity contribution is -0.385. The van der Waals surface area contributed by atoms with Crippen molar-refractivity contribution in [2.75, 3.05) is 17.4 Å². The Morgan fingerprint density at radius 3 is 2.78 bits per heavy atom. The molecule has 1 atom stereocenters. The van der Waals surface area contributed by atoms with Gasteiger partial charge in [-0.3, -0.25) is 15.5 Å². The van der Waals surface area contributed by atoms with Gasteiger partial charge in [-0.1, -0.05) is 6.92 Å². The van der Waals surface area contributed by atoms with Crippen molar-refractivity contribution in [3.63, 3.8) is 0 Å². The Kier molecular flexibility index (Phi) is 4.87. The maximum atomic E-state index is 10.7. The van der Waals surface area contributed by atoms with Gasteiger partial charge in [-0.15, -0.1) is 0 Å². The molecule has 0 saturated heterocycles. The fraction of sp³-hybridized carbons (Fsp3) is 0.400. The van der Waals surface area contributed by atoms with Gasteiger partial charge < -0.3 is 4.90 Å². The number of nitro groups is 1. The van der Waals surface area contributed by atoms with E-state index in [0.29, 0.717) is 11.7 Å². The number of nitrogens with one attached hydrogen (secondary N) is 1. The molecule has 0 fully saturated rings. The van der Waals surface area contributed by atoms with Crippen LogP contribution in [0.5, 0.6) is 0 Å². The molecule has 27 heavy (non-hydrogen) atoms. The summed E-state index contributed by atoms with van der Waals surface area (Å²) in [5.74, 6) is 0.936. The summed E-state index contributed by atoms with van der Waals surface area (Å²) in [5, 5.41) is 14.9. The molecule has 7 nitrogen and oxygen atoms in total. The molecule has 1 aromatic heterocycles. The second kappa shape index (κ2) is 6.98. The summed E-state index contributed by atoms with van der Waals surface area (Å²) in [5.41, 5.74) is 7.71. The number of hydrazone groups is 1. The van der Waals surface area contributed by atoms with Gasteiger partial charge in [0.2, 0.25) is 0 Å². The summed E-state index contributed by atoms with van der Waals surface area (Å²) < 4.78 is 0. The van der Waals surface area contributed by atoms with Crippen molar-refractivity contribution < 1.29 is 4.92 Å². The summed E-state index contributed by atoms with van der Waals surface area (Å²) in [7, 11) is 2.15. The standard InChI is InChI=1S/C20H25N5O2/c1-13-8-18-17(14(2)10-20(3,4)24(18)5)9-15(13)11-22-23-19-7-6-16(12-21-19)25(26)27/h6-9,11-12,14H,10H2,1-5H3,(H,21,23)/b22-11-. The quantitative estimate of drug-likeness (QED) is 0.490. The minimum Gasteiger partial charge on any atom is -0.369 e. The van der Waals surface area contributed by atoms with Gasteiger partial charge in [-0.2, -0.15) is 5.10 Å². The van der Waals surface area contributed by atoms with Gasteiger partial charge in [-0.25, -0.2) is 4.98 Å². The van der Waals surface area contributed by atoms with Gasteiger partial charge in [0.15, 0.2) is 0 Å². The largest absolute Gasteiger partial charge is 0.369 e. The van der Waals surface area contributed by atoms with Gasteiger partial charge in [-0.05, 0) is 68.0 Å². The molecule has 2 heterocycles. The molecule has 142 valence electrons. The Labute approximate surface area is 159 Å². The molecular formula is C20H25N5O2. The average molecular weight is 367 g/mol. The molecule has 1 aromatic carbocycles. The summed E-state index contributed by atoms with van der Waals surface area (Å²) in [6.07, 6.45) is 4.08. The molecule has 0 bridgehead atoms. The van der Waals surface area contributed by atoms with Crippen LogP contribution in [-0.4, -0.2) is 28.7 Å². The van der Waals surface area contributed by atoms with Crippen molar-refractivity contribution in [2.24, 2.45) is 5.10 Å².